The molecule has 0 bridgehead atoms. The number of furan rings is 1. The number of carbonyl (C=O) groups excluding carboxylic acids is 1. The Bertz CT molecular complexity index is 399. The number of aliphatic hydroxyl groups excluding tert-OH is 1. The van der Waals surface area contributed by atoms with E-state index in [-0.39, 0.29) is 17.9 Å². The van der Waals surface area contributed by atoms with Crippen LogP contribution in [0.2, 0.25) is 0 Å². The SMILES string of the molecule is CCc1ccc(C(=O)NCC2CCCCC2O)o1. The Labute approximate surface area is 107 Å². The Hall–Kier alpha value is -1.29. The van der Waals surface area contributed by atoms with E-state index in [1.54, 1.807) is 6.07 Å². The third-order valence-corrected chi connectivity index (χ3v) is 3.63. The van der Waals surface area contributed by atoms with E-state index in [9.17, 15) is 9.90 Å². The zero-order valence-electron chi connectivity index (χ0n) is 10.8. The van der Waals surface area contributed by atoms with Crippen molar-refractivity contribution in [3.63, 3.8) is 0 Å². The van der Waals surface area contributed by atoms with Crippen molar-refractivity contribution in [2.75, 3.05) is 6.54 Å². The first-order valence-electron chi connectivity index (χ1n) is 6.75. The summed E-state index contributed by atoms with van der Waals surface area (Å²) in [5, 5.41) is 12.7. The Balaban J connectivity index is 1.84. The van der Waals surface area contributed by atoms with Crippen LogP contribution in [0.25, 0.3) is 0 Å². The Morgan fingerprint density at radius 2 is 2.22 bits per heavy atom. The lowest BCUT2D eigenvalue weighted by molar-refractivity contribution is 0.0655. The van der Waals surface area contributed by atoms with Crippen LogP contribution in [0.15, 0.2) is 16.5 Å². The number of aryl methyl sites for hydroxylation is 1. The third-order valence-electron chi connectivity index (χ3n) is 3.63. The molecular weight excluding hydrogens is 230 g/mol. The highest BCUT2D eigenvalue weighted by molar-refractivity contribution is 5.91. The van der Waals surface area contributed by atoms with Gasteiger partial charge >= 0.3 is 0 Å². The quantitative estimate of drug-likeness (QED) is 0.861. The van der Waals surface area contributed by atoms with Crippen molar-refractivity contribution in [2.45, 2.75) is 45.1 Å². The molecule has 1 saturated carbocycles. The van der Waals surface area contributed by atoms with E-state index in [4.69, 9.17) is 4.42 Å². The van der Waals surface area contributed by atoms with Gasteiger partial charge in [-0.3, -0.25) is 4.79 Å². The summed E-state index contributed by atoms with van der Waals surface area (Å²) in [6, 6.07) is 3.52. The van der Waals surface area contributed by atoms with Crippen molar-refractivity contribution in [2.24, 2.45) is 5.92 Å². The maximum atomic E-state index is 11.8. The maximum Gasteiger partial charge on any atom is 0.287 e. The van der Waals surface area contributed by atoms with Gasteiger partial charge in [-0.25, -0.2) is 0 Å². The maximum absolute atomic E-state index is 11.8. The highest BCUT2D eigenvalue weighted by atomic mass is 16.3. The van der Waals surface area contributed by atoms with Crippen molar-refractivity contribution < 1.29 is 14.3 Å². The Morgan fingerprint density at radius 1 is 1.44 bits per heavy atom. The molecule has 18 heavy (non-hydrogen) atoms. The Morgan fingerprint density at radius 3 is 2.89 bits per heavy atom. The largest absolute Gasteiger partial charge is 0.456 e. The normalized spacial score (nSPS) is 23.9. The van der Waals surface area contributed by atoms with Crippen LogP contribution in [0.1, 0.15) is 48.9 Å². The molecule has 1 fully saturated rings. The van der Waals surface area contributed by atoms with E-state index in [1.165, 1.54) is 0 Å². The minimum Gasteiger partial charge on any atom is -0.456 e. The highest BCUT2D eigenvalue weighted by Crippen LogP contribution is 2.23. The summed E-state index contributed by atoms with van der Waals surface area (Å²) in [7, 11) is 0. The van der Waals surface area contributed by atoms with Gasteiger partial charge in [0.25, 0.3) is 5.91 Å². The monoisotopic (exact) mass is 251 g/mol. The molecule has 1 heterocycles. The Kier molecular flexibility index (Phi) is 4.42. The van der Waals surface area contributed by atoms with Crippen molar-refractivity contribution in [1.82, 2.24) is 5.32 Å². The molecule has 2 rings (SSSR count). The van der Waals surface area contributed by atoms with Gasteiger partial charge in [-0.15, -0.1) is 0 Å². The second kappa shape index (κ2) is 6.05. The fourth-order valence-corrected chi connectivity index (χ4v) is 2.43. The fraction of sp³-hybridized carbons (Fsp3) is 0.643. The number of aliphatic hydroxyl groups is 1. The van der Waals surface area contributed by atoms with E-state index in [0.29, 0.717) is 12.3 Å². The minimum atomic E-state index is -0.276. The average molecular weight is 251 g/mol. The summed E-state index contributed by atoms with van der Waals surface area (Å²) in [6.07, 6.45) is 4.57. The molecule has 2 atom stereocenters. The summed E-state index contributed by atoms with van der Waals surface area (Å²) < 4.78 is 5.39. The fourth-order valence-electron chi connectivity index (χ4n) is 2.43. The predicted octanol–water partition coefficient (Wildman–Crippen LogP) is 2.12. The number of amides is 1. The van der Waals surface area contributed by atoms with Gasteiger partial charge in [-0.2, -0.15) is 0 Å². The summed E-state index contributed by atoms with van der Waals surface area (Å²) >= 11 is 0. The molecule has 0 spiro atoms. The zero-order valence-corrected chi connectivity index (χ0v) is 10.8. The van der Waals surface area contributed by atoms with Gasteiger partial charge in [-0.1, -0.05) is 19.8 Å². The molecular formula is C14H21NO3. The first-order chi connectivity index (χ1) is 8.70. The second-order valence-electron chi connectivity index (χ2n) is 4.94. The molecule has 100 valence electrons. The summed E-state index contributed by atoms with van der Waals surface area (Å²) in [5.74, 6) is 1.17. The smallest absolute Gasteiger partial charge is 0.287 e. The van der Waals surface area contributed by atoms with Crippen molar-refractivity contribution >= 4 is 5.91 Å². The number of carbonyl (C=O) groups is 1. The van der Waals surface area contributed by atoms with Crippen LogP contribution < -0.4 is 5.32 Å². The van der Waals surface area contributed by atoms with Crippen LogP contribution >= 0.6 is 0 Å². The average Bonchev–Trinajstić information content (AvgIpc) is 2.86. The van der Waals surface area contributed by atoms with Crippen molar-refractivity contribution in [1.29, 1.82) is 0 Å². The topological polar surface area (TPSA) is 62.5 Å². The molecule has 0 saturated heterocycles. The van der Waals surface area contributed by atoms with E-state index in [1.807, 2.05) is 13.0 Å². The molecule has 1 aromatic heterocycles. The van der Waals surface area contributed by atoms with Gasteiger partial charge in [0, 0.05) is 18.9 Å². The van der Waals surface area contributed by atoms with Gasteiger partial charge in [0.2, 0.25) is 0 Å². The standard InChI is InChI=1S/C14H21NO3/c1-2-11-7-8-13(18-11)14(17)15-9-10-5-3-4-6-12(10)16/h7-8,10,12,16H,2-6,9H2,1H3,(H,15,17). The van der Waals surface area contributed by atoms with E-state index in [2.05, 4.69) is 5.32 Å². The van der Waals surface area contributed by atoms with Crippen molar-refractivity contribution in [3.8, 4) is 0 Å². The second-order valence-corrected chi connectivity index (χ2v) is 4.94. The van der Waals surface area contributed by atoms with E-state index in [0.717, 1.165) is 37.9 Å². The van der Waals surface area contributed by atoms with Gasteiger partial charge in [0.15, 0.2) is 5.76 Å². The molecule has 2 N–H and O–H groups in total. The molecule has 1 aliphatic rings. The lowest BCUT2D eigenvalue weighted by Crippen LogP contribution is -2.36. The molecule has 0 radical (unpaired) electrons. The van der Waals surface area contributed by atoms with E-state index >= 15 is 0 Å². The van der Waals surface area contributed by atoms with Gasteiger partial charge < -0.3 is 14.8 Å². The van der Waals surface area contributed by atoms with Crippen LogP contribution in [0.5, 0.6) is 0 Å². The third kappa shape index (κ3) is 3.13. The number of nitrogens with one attached hydrogen (secondary N) is 1. The predicted molar refractivity (Wildman–Crippen MR) is 68.4 cm³/mol. The summed E-state index contributed by atoms with van der Waals surface area (Å²) in [4.78, 5) is 11.8. The zero-order chi connectivity index (χ0) is 13.0. The number of hydrogen-bond acceptors (Lipinski definition) is 3. The molecule has 2 unspecified atom stereocenters. The molecule has 1 aliphatic carbocycles. The van der Waals surface area contributed by atoms with Gasteiger partial charge in [0.1, 0.15) is 5.76 Å². The number of rotatable bonds is 4. The molecule has 4 heteroatoms. The lowest BCUT2D eigenvalue weighted by Gasteiger charge is -2.27. The summed E-state index contributed by atoms with van der Waals surface area (Å²) in [6.45, 7) is 2.51. The van der Waals surface area contributed by atoms with Crippen LogP contribution in [0, 0.1) is 5.92 Å². The van der Waals surface area contributed by atoms with Crippen LogP contribution in [-0.2, 0) is 6.42 Å². The van der Waals surface area contributed by atoms with Crippen molar-refractivity contribution in [3.05, 3.63) is 23.7 Å². The van der Waals surface area contributed by atoms with Gasteiger partial charge in [0.05, 0.1) is 6.10 Å². The molecule has 0 aliphatic heterocycles. The van der Waals surface area contributed by atoms with Crippen LogP contribution in [0.3, 0.4) is 0 Å². The number of hydrogen-bond donors (Lipinski definition) is 2. The summed E-state index contributed by atoms with van der Waals surface area (Å²) in [5.41, 5.74) is 0. The highest BCUT2D eigenvalue weighted by Gasteiger charge is 2.23. The van der Waals surface area contributed by atoms with E-state index < -0.39 is 0 Å². The molecule has 1 aromatic rings. The first kappa shape index (κ1) is 13.1. The van der Waals surface area contributed by atoms with Crippen LogP contribution in [-0.4, -0.2) is 23.7 Å². The minimum absolute atomic E-state index is 0.184. The molecule has 0 aromatic carbocycles. The molecule has 4 nitrogen and oxygen atoms in total. The first-order valence-corrected chi connectivity index (χ1v) is 6.75. The lowest BCUT2D eigenvalue weighted by atomic mass is 9.86. The van der Waals surface area contributed by atoms with Gasteiger partial charge in [-0.05, 0) is 25.0 Å². The van der Waals surface area contributed by atoms with Crippen LogP contribution in [0.4, 0.5) is 0 Å². The molecule has 1 amide bonds.